The molecule has 0 aliphatic heterocycles. The number of aromatic nitrogens is 2. The number of amides is 1. The molecular formula is C21H20N4O2S. The van der Waals surface area contributed by atoms with Gasteiger partial charge in [-0.15, -0.1) is 11.8 Å². The number of aryl methyl sites for hydroxylation is 2. The van der Waals surface area contributed by atoms with Gasteiger partial charge in [0, 0.05) is 23.3 Å². The van der Waals surface area contributed by atoms with Crippen LogP contribution in [0.25, 0.3) is 11.3 Å². The summed E-state index contributed by atoms with van der Waals surface area (Å²) in [7, 11) is 0. The van der Waals surface area contributed by atoms with Gasteiger partial charge in [-0.1, -0.05) is 30.3 Å². The summed E-state index contributed by atoms with van der Waals surface area (Å²) in [6.45, 7) is 5.42. The van der Waals surface area contributed by atoms with E-state index >= 15 is 0 Å². The molecule has 1 N–H and O–H groups in total. The molecular weight excluding hydrogens is 372 g/mol. The van der Waals surface area contributed by atoms with Crippen LogP contribution < -0.4 is 5.32 Å². The first-order valence-electron chi connectivity index (χ1n) is 8.81. The van der Waals surface area contributed by atoms with Gasteiger partial charge in [0.1, 0.15) is 28.2 Å². The topological polar surface area (TPSA) is 91.8 Å². The summed E-state index contributed by atoms with van der Waals surface area (Å²) in [5.74, 6) is 1.89. The van der Waals surface area contributed by atoms with Crippen LogP contribution in [-0.4, -0.2) is 21.6 Å². The fourth-order valence-corrected chi connectivity index (χ4v) is 3.55. The number of rotatable bonds is 6. The molecule has 0 unspecified atom stereocenters. The minimum absolute atomic E-state index is 0.202. The predicted molar refractivity (Wildman–Crippen MR) is 109 cm³/mol. The minimum Gasteiger partial charge on any atom is -0.444 e. The van der Waals surface area contributed by atoms with Crippen LogP contribution in [0.3, 0.4) is 0 Å². The normalized spacial score (nSPS) is 10.5. The number of nitriles is 1. The summed E-state index contributed by atoms with van der Waals surface area (Å²) >= 11 is 1.49. The van der Waals surface area contributed by atoms with Crippen molar-refractivity contribution in [2.45, 2.75) is 32.2 Å². The number of nitrogens with zero attached hydrogens (tertiary/aromatic N) is 3. The standard InChI is InChI=1S/C21H20N4O2S/c1-13-14(2)27-21(17(13)12-22)25-19(26)9-10-28-20-11-18(23-15(3)24-20)16-7-5-4-6-8-16/h4-8,11H,9-10H2,1-3H3,(H,25,26). The van der Waals surface area contributed by atoms with Gasteiger partial charge in [-0.05, 0) is 26.8 Å². The molecule has 0 saturated carbocycles. The van der Waals surface area contributed by atoms with Crippen molar-refractivity contribution >= 4 is 23.6 Å². The Labute approximate surface area is 168 Å². The second-order valence-corrected chi connectivity index (χ2v) is 7.37. The van der Waals surface area contributed by atoms with E-state index in [2.05, 4.69) is 21.4 Å². The van der Waals surface area contributed by atoms with E-state index in [1.165, 1.54) is 11.8 Å². The SMILES string of the molecule is Cc1nc(SCCC(=O)Nc2oc(C)c(C)c2C#N)cc(-c2ccccc2)n1. The Balaban J connectivity index is 1.61. The molecule has 2 heterocycles. The number of carbonyl (C=O) groups is 1. The molecule has 0 fully saturated rings. The molecule has 6 nitrogen and oxygen atoms in total. The van der Waals surface area contributed by atoms with Crippen molar-refractivity contribution in [1.29, 1.82) is 5.26 Å². The number of thioether (sulfide) groups is 1. The van der Waals surface area contributed by atoms with Gasteiger partial charge in [0.15, 0.2) is 0 Å². The first-order valence-corrected chi connectivity index (χ1v) is 9.80. The van der Waals surface area contributed by atoms with Gasteiger partial charge in [-0.2, -0.15) is 5.26 Å². The molecule has 2 aromatic heterocycles. The number of furan rings is 1. The molecule has 3 aromatic rings. The lowest BCUT2D eigenvalue weighted by molar-refractivity contribution is -0.115. The summed E-state index contributed by atoms with van der Waals surface area (Å²) in [4.78, 5) is 21.1. The number of hydrogen-bond donors (Lipinski definition) is 1. The number of nitrogens with one attached hydrogen (secondary N) is 1. The molecule has 0 aliphatic carbocycles. The largest absolute Gasteiger partial charge is 0.444 e. The fourth-order valence-electron chi connectivity index (χ4n) is 2.66. The van der Waals surface area contributed by atoms with Crippen LogP contribution in [0.2, 0.25) is 0 Å². The lowest BCUT2D eigenvalue weighted by Crippen LogP contribution is -2.12. The van der Waals surface area contributed by atoms with Crippen molar-refractivity contribution in [2.24, 2.45) is 0 Å². The van der Waals surface area contributed by atoms with Gasteiger partial charge in [-0.3, -0.25) is 10.1 Å². The monoisotopic (exact) mass is 392 g/mol. The number of carbonyl (C=O) groups excluding carboxylic acids is 1. The second-order valence-electron chi connectivity index (χ2n) is 6.25. The zero-order valence-corrected chi connectivity index (χ0v) is 16.8. The summed E-state index contributed by atoms with van der Waals surface area (Å²) in [6.07, 6.45) is 0.276. The van der Waals surface area contributed by atoms with Crippen LogP contribution in [0.4, 0.5) is 5.88 Å². The number of anilines is 1. The van der Waals surface area contributed by atoms with E-state index < -0.39 is 0 Å². The smallest absolute Gasteiger partial charge is 0.227 e. The Hall–Kier alpha value is -3.11. The van der Waals surface area contributed by atoms with Crippen molar-refractivity contribution in [2.75, 3.05) is 11.1 Å². The minimum atomic E-state index is -0.202. The molecule has 1 aromatic carbocycles. The molecule has 7 heteroatoms. The number of hydrogen-bond acceptors (Lipinski definition) is 6. The van der Waals surface area contributed by atoms with Crippen molar-refractivity contribution in [1.82, 2.24) is 9.97 Å². The lowest BCUT2D eigenvalue weighted by Gasteiger charge is -2.06. The molecule has 1 amide bonds. The Morgan fingerprint density at radius 3 is 2.68 bits per heavy atom. The Bertz CT molecular complexity index is 1040. The van der Waals surface area contributed by atoms with Crippen LogP contribution in [0, 0.1) is 32.1 Å². The van der Waals surface area contributed by atoms with E-state index in [-0.39, 0.29) is 18.2 Å². The molecule has 3 rings (SSSR count). The Kier molecular flexibility index (Phi) is 6.12. The third-order valence-corrected chi connectivity index (χ3v) is 5.13. The van der Waals surface area contributed by atoms with Gasteiger partial charge in [0.2, 0.25) is 11.8 Å². The van der Waals surface area contributed by atoms with Gasteiger partial charge < -0.3 is 4.42 Å². The zero-order chi connectivity index (χ0) is 20.1. The molecule has 0 bridgehead atoms. The highest BCUT2D eigenvalue weighted by Gasteiger charge is 2.16. The Morgan fingerprint density at radius 2 is 1.96 bits per heavy atom. The van der Waals surface area contributed by atoms with Crippen molar-refractivity contribution in [3.05, 3.63) is 59.1 Å². The summed E-state index contributed by atoms with van der Waals surface area (Å²) in [5, 5.41) is 12.7. The van der Waals surface area contributed by atoms with E-state index in [0.29, 0.717) is 22.9 Å². The van der Waals surface area contributed by atoms with E-state index in [1.54, 1.807) is 13.8 Å². The average molecular weight is 392 g/mol. The maximum Gasteiger partial charge on any atom is 0.227 e. The summed E-state index contributed by atoms with van der Waals surface area (Å²) in [5.41, 5.74) is 3.01. The summed E-state index contributed by atoms with van der Waals surface area (Å²) in [6, 6.07) is 13.9. The lowest BCUT2D eigenvalue weighted by atomic mass is 10.1. The van der Waals surface area contributed by atoms with Crippen LogP contribution in [0.15, 0.2) is 45.8 Å². The average Bonchev–Trinajstić information content (AvgIpc) is 2.94. The third-order valence-electron chi connectivity index (χ3n) is 4.21. The Morgan fingerprint density at radius 1 is 1.21 bits per heavy atom. The van der Waals surface area contributed by atoms with Gasteiger partial charge >= 0.3 is 0 Å². The second kappa shape index (κ2) is 8.72. The van der Waals surface area contributed by atoms with Crippen LogP contribution in [0.5, 0.6) is 0 Å². The molecule has 0 saturated heterocycles. The molecule has 0 spiro atoms. The third kappa shape index (κ3) is 4.59. The van der Waals surface area contributed by atoms with Crippen LogP contribution in [-0.2, 0) is 4.79 Å². The first-order chi connectivity index (χ1) is 13.5. The fraction of sp³-hybridized carbons (Fsp3) is 0.238. The molecule has 142 valence electrons. The summed E-state index contributed by atoms with van der Waals surface area (Å²) < 4.78 is 5.47. The van der Waals surface area contributed by atoms with Crippen molar-refractivity contribution < 1.29 is 9.21 Å². The van der Waals surface area contributed by atoms with Crippen LogP contribution >= 0.6 is 11.8 Å². The van der Waals surface area contributed by atoms with Crippen LogP contribution in [0.1, 0.15) is 29.1 Å². The maximum atomic E-state index is 12.2. The maximum absolute atomic E-state index is 12.2. The van der Waals surface area contributed by atoms with E-state index in [9.17, 15) is 10.1 Å². The molecule has 0 atom stereocenters. The highest BCUT2D eigenvalue weighted by Crippen LogP contribution is 2.26. The number of benzene rings is 1. The molecule has 0 aliphatic rings. The van der Waals surface area contributed by atoms with E-state index in [1.807, 2.05) is 43.3 Å². The predicted octanol–water partition coefficient (Wildman–Crippen LogP) is 4.65. The zero-order valence-electron chi connectivity index (χ0n) is 15.9. The van der Waals surface area contributed by atoms with E-state index in [0.717, 1.165) is 21.8 Å². The molecule has 0 radical (unpaired) electrons. The quantitative estimate of drug-likeness (QED) is 0.485. The first kappa shape index (κ1) is 19.6. The van der Waals surface area contributed by atoms with Gasteiger partial charge in [0.05, 0.1) is 5.69 Å². The van der Waals surface area contributed by atoms with Crippen molar-refractivity contribution in [3.63, 3.8) is 0 Å². The molecule has 28 heavy (non-hydrogen) atoms. The van der Waals surface area contributed by atoms with Crippen molar-refractivity contribution in [3.8, 4) is 17.3 Å². The highest BCUT2D eigenvalue weighted by atomic mass is 32.2. The van der Waals surface area contributed by atoms with Gasteiger partial charge in [-0.25, -0.2) is 9.97 Å². The van der Waals surface area contributed by atoms with Gasteiger partial charge in [0.25, 0.3) is 0 Å². The highest BCUT2D eigenvalue weighted by molar-refractivity contribution is 7.99. The van der Waals surface area contributed by atoms with E-state index in [4.69, 9.17) is 4.42 Å².